The summed E-state index contributed by atoms with van der Waals surface area (Å²) in [6.07, 6.45) is 9.38. The Morgan fingerprint density at radius 1 is 1.19 bits per heavy atom. The molecule has 5 unspecified atom stereocenters. The number of hydrogen-bond donors (Lipinski definition) is 2. The van der Waals surface area contributed by atoms with Gasteiger partial charge >= 0.3 is 0 Å². The van der Waals surface area contributed by atoms with E-state index in [-0.39, 0.29) is 40.5 Å². The third-order valence-corrected chi connectivity index (χ3v) is 12.1. The first-order chi connectivity index (χ1) is 20.0. The number of carbonyl (C=O) groups excluding carboxylic acids is 1. The molecule has 2 aromatic heterocycles. The van der Waals surface area contributed by atoms with Gasteiger partial charge in [-0.05, 0) is 111 Å². The van der Waals surface area contributed by atoms with Crippen LogP contribution in [-0.2, 0) is 11.2 Å². The van der Waals surface area contributed by atoms with E-state index in [2.05, 4.69) is 28.1 Å². The molecule has 42 heavy (non-hydrogen) atoms. The summed E-state index contributed by atoms with van der Waals surface area (Å²) in [6, 6.07) is 8.20. The van der Waals surface area contributed by atoms with Crippen LogP contribution >= 0.6 is 11.8 Å². The second kappa shape index (κ2) is 9.82. The molecule has 0 aliphatic heterocycles. The van der Waals surface area contributed by atoms with Gasteiger partial charge < -0.3 is 10.2 Å². The maximum Gasteiger partial charge on any atom is 0.188 e. The summed E-state index contributed by atoms with van der Waals surface area (Å²) in [4.78, 5) is 22.3. The Kier molecular flexibility index (Phi) is 6.53. The van der Waals surface area contributed by atoms with Crippen LogP contribution < -0.4 is 0 Å². The van der Waals surface area contributed by atoms with Gasteiger partial charge in [-0.2, -0.15) is 5.10 Å². The van der Waals surface area contributed by atoms with Crippen LogP contribution in [0, 0.1) is 41.3 Å². The molecule has 7 atom stereocenters. The second-order valence-corrected chi connectivity index (χ2v) is 14.3. The molecule has 3 fully saturated rings. The van der Waals surface area contributed by atoms with Crippen LogP contribution in [0.15, 0.2) is 53.5 Å². The minimum absolute atomic E-state index is 0.0328. The number of aliphatic hydroxyl groups is 2. The van der Waals surface area contributed by atoms with Crippen molar-refractivity contribution in [3.05, 3.63) is 71.1 Å². The molecule has 2 heterocycles. The van der Waals surface area contributed by atoms with Crippen molar-refractivity contribution in [1.82, 2.24) is 19.7 Å². The summed E-state index contributed by atoms with van der Waals surface area (Å²) in [5, 5.41) is 29.1. The molecule has 3 aromatic rings. The van der Waals surface area contributed by atoms with E-state index in [1.807, 2.05) is 30.8 Å². The van der Waals surface area contributed by atoms with Gasteiger partial charge in [0.2, 0.25) is 0 Å². The number of ketones is 1. The van der Waals surface area contributed by atoms with Gasteiger partial charge in [0, 0.05) is 17.3 Å². The number of aliphatic hydroxyl groups excluding tert-OH is 1. The summed E-state index contributed by atoms with van der Waals surface area (Å²) >= 11 is 1.27. The van der Waals surface area contributed by atoms with Crippen molar-refractivity contribution in [2.45, 2.75) is 76.2 Å². The van der Waals surface area contributed by atoms with Gasteiger partial charge in [-0.3, -0.25) is 4.79 Å². The Morgan fingerprint density at radius 2 is 1.98 bits per heavy atom. The Morgan fingerprint density at radius 3 is 2.74 bits per heavy atom. The molecule has 0 amide bonds. The van der Waals surface area contributed by atoms with E-state index in [9.17, 15) is 19.4 Å². The predicted octanol–water partition coefficient (Wildman–Crippen LogP) is 5.36. The maximum absolute atomic E-state index is 13.7. The number of aromatic nitrogens is 4. The highest BCUT2D eigenvalue weighted by Crippen LogP contribution is 2.67. The van der Waals surface area contributed by atoms with E-state index >= 15 is 0 Å². The Labute approximate surface area is 249 Å². The normalized spacial score (nSPS) is 35.0. The Hall–Kier alpha value is -2.88. The zero-order chi connectivity index (χ0) is 29.4. The zero-order valence-electron chi connectivity index (χ0n) is 24.3. The highest BCUT2D eigenvalue weighted by molar-refractivity contribution is 7.99. The number of thioether (sulfide) groups is 1. The van der Waals surface area contributed by atoms with Gasteiger partial charge in [0.1, 0.15) is 11.4 Å². The van der Waals surface area contributed by atoms with E-state index in [4.69, 9.17) is 0 Å². The molecular weight excluding hydrogens is 551 g/mol. The quantitative estimate of drug-likeness (QED) is 0.306. The maximum atomic E-state index is 13.7. The molecule has 220 valence electrons. The fourth-order valence-corrected chi connectivity index (χ4v) is 10.0. The van der Waals surface area contributed by atoms with Gasteiger partial charge in [0.05, 0.1) is 29.4 Å². The number of rotatable bonds is 5. The summed E-state index contributed by atoms with van der Waals surface area (Å²) in [5.74, 6) is 0.0438. The fraction of sp³-hybridized carbons (Fsp3) is 0.515. The molecule has 7 nitrogen and oxygen atoms in total. The molecule has 3 saturated carbocycles. The zero-order valence-corrected chi connectivity index (χ0v) is 25.1. The third-order valence-electron chi connectivity index (χ3n) is 11.2. The van der Waals surface area contributed by atoms with Crippen LogP contribution in [0.1, 0.15) is 62.9 Å². The number of nitrogens with zero attached hydrogens (tertiary/aromatic N) is 4. The fourth-order valence-electron chi connectivity index (χ4n) is 9.18. The standard InChI is InChI=1S/C33H37FN4O3S/c1-19-11-13-35-30(37-19)42-18-28(40)33(41)12-10-25-24-9-4-21-14-26-20(17-36-38(26)23-7-5-22(34)6-8-23)15-31(21,2)29(24)27(39)16-32(25,33)3/h5-8,11,13-14,17,24-25,27,29,39,41H,4,9-10,12,15-16,18H2,1-3H3/t24?,25?,27-,29?,31?,32?,33-/m0/s1. The first kappa shape index (κ1) is 27.9. The van der Waals surface area contributed by atoms with E-state index in [1.165, 1.54) is 29.5 Å². The van der Waals surface area contributed by atoms with E-state index < -0.39 is 17.1 Å². The highest BCUT2D eigenvalue weighted by Gasteiger charge is 2.68. The molecule has 4 aliphatic carbocycles. The van der Waals surface area contributed by atoms with Gasteiger partial charge in [-0.25, -0.2) is 19.0 Å². The minimum atomic E-state index is -1.48. The SMILES string of the molecule is Cc1ccnc(SCC(=O)[C@@]2(O)CCC3C4CCC5=Cc6c(cnn6-c6ccc(F)cc6)CC5(C)C4[C@@H](O)CC32C)n1. The Bertz CT molecular complexity index is 1590. The van der Waals surface area contributed by atoms with Crippen molar-refractivity contribution in [2.75, 3.05) is 5.75 Å². The smallest absolute Gasteiger partial charge is 0.188 e. The van der Waals surface area contributed by atoms with Crippen LogP contribution in [0.25, 0.3) is 11.8 Å². The molecule has 4 aliphatic rings. The van der Waals surface area contributed by atoms with Crippen LogP contribution in [-0.4, -0.2) is 53.2 Å². The van der Waals surface area contributed by atoms with E-state index in [0.29, 0.717) is 18.0 Å². The van der Waals surface area contributed by atoms with Gasteiger partial charge in [0.15, 0.2) is 10.9 Å². The number of halogens is 1. The first-order valence-electron chi connectivity index (χ1n) is 14.9. The number of benzene rings is 1. The van der Waals surface area contributed by atoms with Crippen LogP contribution in [0.2, 0.25) is 0 Å². The number of carbonyl (C=O) groups is 1. The lowest BCUT2D eigenvalue weighted by Crippen LogP contribution is -2.62. The van der Waals surface area contributed by atoms with Gasteiger partial charge in [-0.1, -0.05) is 31.2 Å². The second-order valence-electron chi connectivity index (χ2n) is 13.3. The molecule has 0 bridgehead atoms. The average Bonchev–Trinajstić information content (AvgIpc) is 3.48. The van der Waals surface area contributed by atoms with Crippen LogP contribution in [0.3, 0.4) is 0 Å². The lowest BCUT2D eigenvalue weighted by atomic mass is 9.45. The molecule has 1 aromatic carbocycles. The van der Waals surface area contributed by atoms with Crippen molar-refractivity contribution < 1.29 is 19.4 Å². The molecule has 2 N–H and O–H groups in total. The van der Waals surface area contributed by atoms with Crippen molar-refractivity contribution in [1.29, 1.82) is 0 Å². The van der Waals surface area contributed by atoms with Crippen LogP contribution in [0.5, 0.6) is 0 Å². The number of fused-ring (bicyclic) bond motifs is 6. The largest absolute Gasteiger partial charge is 0.393 e. The number of hydrogen-bond acceptors (Lipinski definition) is 7. The topological polar surface area (TPSA) is 101 Å². The summed E-state index contributed by atoms with van der Waals surface area (Å²) in [5.41, 5.74) is 2.72. The lowest BCUT2D eigenvalue weighted by Gasteiger charge is -2.60. The summed E-state index contributed by atoms with van der Waals surface area (Å²) < 4.78 is 15.4. The highest BCUT2D eigenvalue weighted by atomic mass is 32.2. The van der Waals surface area contributed by atoms with E-state index in [0.717, 1.165) is 48.3 Å². The third kappa shape index (κ3) is 4.07. The number of allylic oxidation sites excluding steroid dienone is 1. The molecule has 0 spiro atoms. The average molecular weight is 589 g/mol. The molecule has 7 rings (SSSR count). The van der Waals surface area contributed by atoms with Crippen molar-refractivity contribution >= 4 is 23.6 Å². The van der Waals surface area contributed by atoms with Crippen molar-refractivity contribution in [3.63, 3.8) is 0 Å². The molecule has 9 heteroatoms. The monoisotopic (exact) mass is 588 g/mol. The van der Waals surface area contributed by atoms with Crippen molar-refractivity contribution in [3.8, 4) is 5.69 Å². The molecular formula is C33H37FN4O3S. The lowest BCUT2D eigenvalue weighted by molar-refractivity contribution is -0.177. The number of aryl methyl sites for hydroxylation is 1. The summed E-state index contributed by atoms with van der Waals surface area (Å²) in [6.45, 7) is 6.21. The van der Waals surface area contributed by atoms with Crippen molar-refractivity contribution in [2.24, 2.45) is 28.6 Å². The molecule has 0 saturated heterocycles. The van der Waals surface area contributed by atoms with Gasteiger partial charge in [-0.15, -0.1) is 0 Å². The molecule has 0 radical (unpaired) electrons. The minimum Gasteiger partial charge on any atom is -0.393 e. The predicted molar refractivity (Wildman–Crippen MR) is 158 cm³/mol. The Balaban J connectivity index is 1.15. The van der Waals surface area contributed by atoms with E-state index in [1.54, 1.807) is 18.3 Å². The van der Waals surface area contributed by atoms with Crippen LogP contribution in [0.4, 0.5) is 4.39 Å². The first-order valence-corrected chi connectivity index (χ1v) is 15.9. The van der Waals surface area contributed by atoms with Gasteiger partial charge in [0.25, 0.3) is 0 Å². The summed E-state index contributed by atoms with van der Waals surface area (Å²) in [7, 11) is 0. The number of Topliss-reactive ketones (excluding diaryl/α,β-unsaturated/α-hetero) is 1.